The van der Waals surface area contributed by atoms with Crippen LogP contribution in [0, 0.1) is 11.3 Å². The van der Waals surface area contributed by atoms with Gasteiger partial charge in [0.15, 0.2) is 0 Å². The first-order valence-corrected chi connectivity index (χ1v) is 7.58. The molecule has 1 aromatic heterocycles. The van der Waals surface area contributed by atoms with Crippen LogP contribution in [0.2, 0.25) is 0 Å². The average molecular weight is 284 g/mol. The van der Waals surface area contributed by atoms with E-state index in [1.807, 2.05) is 29.6 Å². The first-order valence-electron chi connectivity index (χ1n) is 6.70. The van der Waals surface area contributed by atoms with Gasteiger partial charge in [-0.15, -0.1) is 11.3 Å². The fourth-order valence-corrected chi connectivity index (χ4v) is 3.56. The normalized spacial score (nSPS) is 20.6. The molecule has 4 heteroatoms. The number of hydrogen-bond donors (Lipinski definition) is 2. The van der Waals surface area contributed by atoms with Crippen molar-refractivity contribution in [3.05, 3.63) is 57.3 Å². The molecule has 0 saturated heterocycles. The maximum absolute atomic E-state index is 10.8. The summed E-state index contributed by atoms with van der Waals surface area (Å²) < 4.78 is 0. The summed E-state index contributed by atoms with van der Waals surface area (Å²) in [6, 6.07) is 12.1. The van der Waals surface area contributed by atoms with Gasteiger partial charge in [-0.3, -0.25) is 0 Å². The molecule has 0 bridgehead atoms. The highest BCUT2D eigenvalue weighted by Crippen LogP contribution is 2.36. The lowest BCUT2D eigenvalue weighted by Gasteiger charge is -2.24. The number of nitrogens with one attached hydrogen (secondary N) is 1. The summed E-state index contributed by atoms with van der Waals surface area (Å²) in [6.45, 7) is 1.24. The van der Waals surface area contributed by atoms with Crippen molar-refractivity contribution in [1.82, 2.24) is 5.32 Å². The predicted molar refractivity (Wildman–Crippen MR) is 79.4 cm³/mol. The number of rotatable bonds is 4. The Hall–Kier alpha value is -1.67. The number of aryl methyl sites for hydroxylation is 1. The van der Waals surface area contributed by atoms with E-state index in [0.717, 1.165) is 23.3 Å². The Balaban J connectivity index is 1.63. The second-order valence-corrected chi connectivity index (χ2v) is 6.20. The van der Waals surface area contributed by atoms with Gasteiger partial charge in [-0.25, -0.2) is 0 Å². The van der Waals surface area contributed by atoms with Crippen LogP contribution >= 0.6 is 11.3 Å². The molecule has 102 valence electrons. The zero-order valence-corrected chi connectivity index (χ0v) is 11.9. The topological polar surface area (TPSA) is 56.0 Å². The van der Waals surface area contributed by atoms with E-state index >= 15 is 0 Å². The molecule has 1 atom stereocenters. The fraction of sp³-hybridized carbons (Fsp3) is 0.312. The van der Waals surface area contributed by atoms with Gasteiger partial charge in [-0.2, -0.15) is 5.26 Å². The number of hydrogen-bond acceptors (Lipinski definition) is 4. The quantitative estimate of drug-likeness (QED) is 0.907. The molecule has 1 unspecified atom stereocenters. The number of thiophene rings is 1. The van der Waals surface area contributed by atoms with Crippen LogP contribution in [0.3, 0.4) is 0 Å². The average Bonchev–Trinajstić information content (AvgIpc) is 3.05. The molecule has 3 rings (SSSR count). The highest BCUT2D eigenvalue weighted by molar-refractivity contribution is 7.10. The van der Waals surface area contributed by atoms with Crippen LogP contribution < -0.4 is 5.32 Å². The van der Waals surface area contributed by atoms with Crippen LogP contribution in [-0.4, -0.2) is 11.7 Å². The maximum Gasteiger partial charge on any atom is 0.103 e. The minimum atomic E-state index is -0.758. The maximum atomic E-state index is 10.8. The molecule has 20 heavy (non-hydrogen) atoms. The highest BCUT2D eigenvalue weighted by atomic mass is 32.1. The van der Waals surface area contributed by atoms with E-state index in [4.69, 9.17) is 5.26 Å². The molecule has 1 aliphatic rings. The van der Waals surface area contributed by atoms with Crippen molar-refractivity contribution in [3.63, 3.8) is 0 Å². The van der Waals surface area contributed by atoms with E-state index in [1.165, 1.54) is 5.56 Å². The Bertz CT molecular complexity index is 658. The molecule has 0 aliphatic heterocycles. The van der Waals surface area contributed by atoms with Gasteiger partial charge in [-0.05, 0) is 30.0 Å². The Labute approximate surface area is 122 Å². The van der Waals surface area contributed by atoms with Gasteiger partial charge < -0.3 is 10.4 Å². The molecule has 0 spiro atoms. The van der Waals surface area contributed by atoms with Gasteiger partial charge in [0, 0.05) is 23.3 Å². The third-order valence-electron chi connectivity index (χ3n) is 3.83. The minimum absolute atomic E-state index is 0.545. The first kappa shape index (κ1) is 13.3. The van der Waals surface area contributed by atoms with E-state index in [-0.39, 0.29) is 0 Å². The molecule has 1 aliphatic carbocycles. The fourth-order valence-electron chi connectivity index (χ4n) is 2.78. The van der Waals surface area contributed by atoms with Crippen LogP contribution in [0.5, 0.6) is 0 Å². The lowest BCUT2D eigenvalue weighted by molar-refractivity contribution is 0.0385. The second-order valence-electron chi connectivity index (χ2n) is 5.21. The Morgan fingerprint density at radius 3 is 3.05 bits per heavy atom. The van der Waals surface area contributed by atoms with Gasteiger partial charge >= 0.3 is 0 Å². The summed E-state index contributed by atoms with van der Waals surface area (Å²) >= 11 is 1.57. The van der Waals surface area contributed by atoms with Crippen LogP contribution in [0.1, 0.15) is 28.0 Å². The molecule has 0 radical (unpaired) electrons. The van der Waals surface area contributed by atoms with E-state index < -0.39 is 5.60 Å². The largest absolute Gasteiger partial charge is 0.384 e. The lowest BCUT2D eigenvalue weighted by Crippen LogP contribution is -2.35. The molecule has 0 amide bonds. The van der Waals surface area contributed by atoms with Gasteiger partial charge in [0.2, 0.25) is 0 Å². The van der Waals surface area contributed by atoms with Crippen molar-refractivity contribution >= 4 is 11.3 Å². The zero-order chi connectivity index (χ0) is 14.0. The SMILES string of the molecule is N#Cc1csc(CNCC2(O)CCc3ccccc32)c1. The number of benzene rings is 1. The van der Waals surface area contributed by atoms with Crippen LogP contribution in [0.4, 0.5) is 0 Å². The van der Waals surface area contributed by atoms with Crippen molar-refractivity contribution in [3.8, 4) is 6.07 Å². The van der Waals surface area contributed by atoms with Crippen LogP contribution in [0.15, 0.2) is 35.7 Å². The second kappa shape index (κ2) is 5.37. The summed E-state index contributed by atoms with van der Waals surface area (Å²) in [5, 5.41) is 24.7. The highest BCUT2D eigenvalue weighted by Gasteiger charge is 2.35. The molecule has 1 aromatic carbocycles. The van der Waals surface area contributed by atoms with Crippen molar-refractivity contribution in [2.45, 2.75) is 25.0 Å². The third-order valence-corrected chi connectivity index (χ3v) is 4.76. The summed E-state index contributed by atoms with van der Waals surface area (Å²) in [4.78, 5) is 1.12. The van der Waals surface area contributed by atoms with E-state index in [9.17, 15) is 5.11 Å². The van der Waals surface area contributed by atoms with Gasteiger partial charge in [0.25, 0.3) is 0 Å². The first-order chi connectivity index (χ1) is 9.71. The van der Waals surface area contributed by atoms with E-state index in [0.29, 0.717) is 18.7 Å². The van der Waals surface area contributed by atoms with Gasteiger partial charge in [-0.1, -0.05) is 24.3 Å². The van der Waals surface area contributed by atoms with E-state index in [1.54, 1.807) is 11.3 Å². The Kier molecular flexibility index (Phi) is 3.58. The lowest BCUT2D eigenvalue weighted by atomic mass is 9.96. The third kappa shape index (κ3) is 2.48. The summed E-state index contributed by atoms with van der Waals surface area (Å²) in [5.74, 6) is 0. The summed E-state index contributed by atoms with van der Waals surface area (Å²) in [6.07, 6.45) is 1.71. The minimum Gasteiger partial charge on any atom is -0.384 e. The number of nitrogens with zero attached hydrogens (tertiary/aromatic N) is 1. The molecular weight excluding hydrogens is 268 g/mol. The molecule has 1 heterocycles. The van der Waals surface area contributed by atoms with Crippen molar-refractivity contribution in [1.29, 1.82) is 5.26 Å². The van der Waals surface area contributed by atoms with Crippen molar-refractivity contribution in [2.24, 2.45) is 0 Å². The number of aliphatic hydroxyl groups is 1. The molecule has 3 nitrogen and oxygen atoms in total. The van der Waals surface area contributed by atoms with Gasteiger partial charge in [0.1, 0.15) is 11.7 Å². The van der Waals surface area contributed by atoms with Crippen molar-refractivity contribution in [2.75, 3.05) is 6.54 Å². The molecule has 2 aromatic rings. The monoisotopic (exact) mass is 284 g/mol. The molecule has 2 N–H and O–H groups in total. The number of nitriles is 1. The predicted octanol–water partition coefficient (Wildman–Crippen LogP) is 2.54. The summed E-state index contributed by atoms with van der Waals surface area (Å²) in [5.41, 5.74) is 2.25. The summed E-state index contributed by atoms with van der Waals surface area (Å²) in [7, 11) is 0. The van der Waals surface area contributed by atoms with Gasteiger partial charge in [0.05, 0.1) is 5.56 Å². The smallest absolute Gasteiger partial charge is 0.103 e. The van der Waals surface area contributed by atoms with E-state index in [2.05, 4.69) is 17.5 Å². The molecular formula is C16H16N2OS. The Morgan fingerprint density at radius 2 is 2.25 bits per heavy atom. The van der Waals surface area contributed by atoms with Crippen molar-refractivity contribution < 1.29 is 5.11 Å². The van der Waals surface area contributed by atoms with Crippen LogP contribution in [0.25, 0.3) is 0 Å². The number of fused-ring (bicyclic) bond motifs is 1. The zero-order valence-electron chi connectivity index (χ0n) is 11.1. The Morgan fingerprint density at radius 1 is 1.40 bits per heavy atom. The van der Waals surface area contributed by atoms with Crippen LogP contribution in [-0.2, 0) is 18.6 Å². The molecule has 0 saturated carbocycles. The molecule has 0 fully saturated rings. The standard InChI is InChI=1S/C16H16N2OS/c17-8-12-7-14(20-10-12)9-18-11-16(19)6-5-13-3-1-2-4-15(13)16/h1-4,7,10,18-19H,5-6,9,11H2.